The summed E-state index contributed by atoms with van der Waals surface area (Å²) in [5.41, 5.74) is 4.68. The number of anilines is 2. The van der Waals surface area contributed by atoms with E-state index in [0.29, 0.717) is 18.0 Å². The first-order valence-corrected chi connectivity index (χ1v) is 11.0. The van der Waals surface area contributed by atoms with Crippen LogP contribution in [0.4, 0.5) is 11.4 Å². The zero-order valence-electron chi connectivity index (χ0n) is 17.4. The van der Waals surface area contributed by atoms with Gasteiger partial charge in [-0.25, -0.2) is 0 Å². The Bertz CT molecular complexity index is 940. The van der Waals surface area contributed by atoms with Gasteiger partial charge < -0.3 is 10.1 Å². The molecule has 0 aromatic heterocycles. The van der Waals surface area contributed by atoms with Crippen LogP contribution in [0, 0.1) is 13.8 Å². The maximum Gasteiger partial charge on any atom is 0.306 e. The predicted molar refractivity (Wildman–Crippen MR) is 120 cm³/mol. The van der Waals surface area contributed by atoms with Gasteiger partial charge >= 0.3 is 5.97 Å². The van der Waals surface area contributed by atoms with Crippen molar-refractivity contribution in [2.24, 2.45) is 0 Å². The van der Waals surface area contributed by atoms with Crippen LogP contribution in [-0.4, -0.2) is 30.1 Å². The fourth-order valence-electron chi connectivity index (χ4n) is 3.48. The van der Waals surface area contributed by atoms with Crippen LogP contribution in [0.15, 0.2) is 42.5 Å². The van der Waals surface area contributed by atoms with Gasteiger partial charge in [0.2, 0.25) is 11.8 Å². The Labute approximate surface area is 181 Å². The van der Waals surface area contributed by atoms with Gasteiger partial charge in [0.15, 0.2) is 0 Å². The Hall–Kier alpha value is -2.80. The van der Waals surface area contributed by atoms with Crippen molar-refractivity contribution in [3.8, 4) is 0 Å². The summed E-state index contributed by atoms with van der Waals surface area (Å²) >= 11 is 1.57. The van der Waals surface area contributed by atoms with Crippen molar-refractivity contribution in [1.29, 1.82) is 0 Å². The third kappa shape index (κ3) is 5.42. The first kappa shape index (κ1) is 21.9. The van der Waals surface area contributed by atoms with Crippen molar-refractivity contribution in [2.45, 2.75) is 39.0 Å². The Morgan fingerprint density at radius 1 is 1.13 bits per heavy atom. The fraction of sp³-hybridized carbons (Fsp3) is 0.348. The highest BCUT2D eigenvalue weighted by atomic mass is 32.2. The van der Waals surface area contributed by atoms with Crippen LogP contribution in [0.25, 0.3) is 0 Å². The molecule has 1 fully saturated rings. The van der Waals surface area contributed by atoms with Gasteiger partial charge in [0.1, 0.15) is 5.37 Å². The van der Waals surface area contributed by atoms with E-state index in [9.17, 15) is 14.4 Å². The summed E-state index contributed by atoms with van der Waals surface area (Å²) in [4.78, 5) is 38.1. The minimum absolute atomic E-state index is 0.0484. The molecule has 1 atom stereocenters. The second-order valence-electron chi connectivity index (χ2n) is 7.25. The lowest BCUT2D eigenvalue weighted by atomic mass is 10.1. The fourth-order valence-corrected chi connectivity index (χ4v) is 4.65. The van der Waals surface area contributed by atoms with E-state index in [0.717, 1.165) is 22.4 Å². The third-order valence-corrected chi connectivity index (χ3v) is 5.88. The van der Waals surface area contributed by atoms with Gasteiger partial charge in [-0.05, 0) is 61.7 Å². The largest absolute Gasteiger partial charge is 0.466 e. The zero-order valence-corrected chi connectivity index (χ0v) is 18.3. The number of hydrogen-bond donors (Lipinski definition) is 1. The SMILES string of the molecule is CCOC(=O)CCC(=O)Nc1cccc([C@H]2SCC(=O)N2c2cc(C)cc(C)c2)c1. The number of esters is 1. The van der Waals surface area contributed by atoms with E-state index in [1.165, 1.54) is 0 Å². The Morgan fingerprint density at radius 2 is 1.87 bits per heavy atom. The smallest absolute Gasteiger partial charge is 0.306 e. The van der Waals surface area contributed by atoms with E-state index in [1.807, 2.05) is 49.1 Å². The van der Waals surface area contributed by atoms with Crippen molar-refractivity contribution >= 4 is 40.9 Å². The lowest BCUT2D eigenvalue weighted by Gasteiger charge is -2.25. The number of ether oxygens (including phenoxy) is 1. The maximum absolute atomic E-state index is 12.6. The van der Waals surface area contributed by atoms with Gasteiger partial charge in [-0.1, -0.05) is 18.2 Å². The summed E-state index contributed by atoms with van der Waals surface area (Å²) in [7, 11) is 0. The second kappa shape index (κ2) is 9.80. The molecule has 158 valence electrons. The number of amides is 2. The van der Waals surface area contributed by atoms with Crippen LogP contribution in [0.5, 0.6) is 0 Å². The summed E-state index contributed by atoms with van der Waals surface area (Å²) in [5.74, 6) is -0.153. The molecule has 0 saturated carbocycles. The van der Waals surface area contributed by atoms with E-state index in [2.05, 4.69) is 11.4 Å². The Morgan fingerprint density at radius 3 is 2.57 bits per heavy atom. The van der Waals surface area contributed by atoms with E-state index < -0.39 is 0 Å². The van der Waals surface area contributed by atoms with E-state index in [-0.39, 0.29) is 36.0 Å². The summed E-state index contributed by atoms with van der Waals surface area (Å²) in [6.45, 7) is 6.07. The minimum atomic E-state index is -0.383. The molecule has 0 radical (unpaired) electrons. The lowest BCUT2D eigenvalue weighted by Crippen LogP contribution is -2.28. The first-order chi connectivity index (χ1) is 14.4. The number of thioether (sulfide) groups is 1. The molecule has 7 heteroatoms. The second-order valence-corrected chi connectivity index (χ2v) is 8.32. The monoisotopic (exact) mass is 426 g/mol. The number of rotatable bonds is 7. The molecule has 0 aliphatic carbocycles. The summed E-state index contributed by atoms with van der Waals surface area (Å²) in [6.07, 6.45) is 0.112. The number of nitrogens with one attached hydrogen (secondary N) is 1. The quantitative estimate of drug-likeness (QED) is 0.666. The molecule has 1 N–H and O–H groups in total. The van der Waals surface area contributed by atoms with Crippen molar-refractivity contribution < 1.29 is 19.1 Å². The van der Waals surface area contributed by atoms with Crippen LogP contribution in [-0.2, 0) is 19.1 Å². The first-order valence-electron chi connectivity index (χ1n) is 9.94. The molecule has 1 aliphatic rings. The zero-order chi connectivity index (χ0) is 21.7. The number of hydrogen-bond acceptors (Lipinski definition) is 5. The molecule has 30 heavy (non-hydrogen) atoms. The molecule has 1 heterocycles. The van der Waals surface area contributed by atoms with Crippen LogP contribution >= 0.6 is 11.8 Å². The molecule has 2 amide bonds. The Kier molecular flexibility index (Phi) is 7.15. The van der Waals surface area contributed by atoms with Crippen molar-refractivity contribution in [2.75, 3.05) is 22.6 Å². The van der Waals surface area contributed by atoms with Gasteiger partial charge in [-0.2, -0.15) is 0 Å². The summed E-state index contributed by atoms with van der Waals surface area (Å²) in [6, 6.07) is 13.6. The van der Waals surface area contributed by atoms with Gasteiger partial charge in [0.25, 0.3) is 0 Å². The van der Waals surface area contributed by atoms with E-state index >= 15 is 0 Å². The predicted octanol–water partition coefficient (Wildman–Crippen LogP) is 4.36. The number of benzene rings is 2. The molecule has 0 unspecified atom stereocenters. The molecule has 1 aliphatic heterocycles. The van der Waals surface area contributed by atoms with Gasteiger partial charge in [0, 0.05) is 17.8 Å². The van der Waals surface area contributed by atoms with Gasteiger partial charge in [-0.15, -0.1) is 11.8 Å². The van der Waals surface area contributed by atoms with Gasteiger partial charge in [0.05, 0.1) is 18.8 Å². The molecule has 3 rings (SSSR count). The molecular formula is C23H26N2O4S. The number of carbonyl (C=O) groups excluding carboxylic acids is 3. The molecule has 0 spiro atoms. The van der Waals surface area contributed by atoms with Crippen molar-refractivity contribution in [3.63, 3.8) is 0 Å². The maximum atomic E-state index is 12.6. The van der Waals surface area contributed by atoms with E-state index in [4.69, 9.17) is 4.74 Å². The highest BCUT2D eigenvalue weighted by Gasteiger charge is 2.34. The average Bonchev–Trinajstić information content (AvgIpc) is 3.08. The number of aryl methyl sites for hydroxylation is 2. The van der Waals surface area contributed by atoms with Crippen molar-refractivity contribution in [1.82, 2.24) is 0 Å². The van der Waals surface area contributed by atoms with Crippen LogP contribution in [0.1, 0.15) is 41.8 Å². The number of carbonyl (C=O) groups is 3. The molecular weight excluding hydrogens is 400 g/mol. The molecule has 6 nitrogen and oxygen atoms in total. The highest BCUT2D eigenvalue weighted by Crippen LogP contribution is 2.42. The summed E-state index contributed by atoms with van der Waals surface area (Å²) in [5, 5.41) is 2.67. The lowest BCUT2D eigenvalue weighted by molar-refractivity contribution is -0.144. The van der Waals surface area contributed by atoms with Gasteiger partial charge in [-0.3, -0.25) is 19.3 Å². The molecule has 1 saturated heterocycles. The third-order valence-electron chi connectivity index (χ3n) is 4.67. The highest BCUT2D eigenvalue weighted by molar-refractivity contribution is 8.00. The standard InChI is InChI=1S/C23H26N2O4S/c1-4-29-22(28)9-8-20(26)24-18-7-5-6-17(13-18)23-25(21(27)14-30-23)19-11-15(2)10-16(3)12-19/h5-7,10-13,23H,4,8-9,14H2,1-3H3,(H,24,26)/t23-/m1/s1. The molecule has 2 aromatic carbocycles. The Balaban J connectivity index is 1.75. The normalized spacial score (nSPS) is 15.9. The van der Waals surface area contributed by atoms with Crippen LogP contribution < -0.4 is 10.2 Å². The summed E-state index contributed by atoms with van der Waals surface area (Å²) < 4.78 is 4.85. The van der Waals surface area contributed by atoms with Crippen LogP contribution in [0.3, 0.4) is 0 Å². The molecule has 0 bridgehead atoms. The van der Waals surface area contributed by atoms with E-state index in [1.54, 1.807) is 24.8 Å². The molecule has 2 aromatic rings. The van der Waals surface area contributed by atoms with Crippen molar-refractivity contribution in [3.05, 3.63) is 59.2 Å². The van der Waals surface area contributed by atoms with Crippen LogP contribution in [0.2, 0.25) is 0 Å². The topological polar surface area (TPSA) is 75.7 Å². The average molecular weight is 427 g/mol. The number of nitrogens with zero attached hydrogens (tertiary/aromatic N) is 1. The minimum Gasteiger partial charge on any atom is -0.466 e.